The largest absolute Gasteiger partial charge is 0.277 e. The molecule has 0 saturated heterocycles. The Morgan fingerprint density at radius 1 is 0.719 bits per heavy atom. The van der Waals surface area contributed by atoms with Crippen LogP contribution in [-0.2, 0) is 5.41 Å². The van der Waals surface area contributed by atoms with E-state index in [4.69, 9.17) is 0 Å². The smallest absolute Gasteiger partial charge is 0.237 e. The zero-order chi connectivity index (χ0) is 21.4. The summed E-state index contributed by atoms with van der Waals surface area (Å²) in [6, 6.07) is 26.3. The maximum atomic E-state index is 4.54. The Hall–Kier alpha value is -4.05. The van der Waals surface area contributed by atoms with Crippen LogP contribution >= 0.6 is 0 Å². The number of aromatic nitrogens is 4. The molecule has 0 bridgehead atoms. The number of rotatable bonds is 1. The highest BCUT2D eigenvalue weighted by molar-refractivity contribution is 6.20. The first-order valence-electron chi connectivity index (χ1n) is 10.9. The average molecular weight is 412 g/mol. The lowest BCUT2D eigenvalue weighted by atomic mass is 9.80. The fraction of sp³-hybridized carbons (Fsp3) is 0.107. The lowest BCUT2D eigenvalue weighted by Crippen LogP contribution is -2.16. The minimum Gasteiger partial charge on any atom is -0.277 e. The molecule has 2 aromatic heterocycles. The van der Waals surface area contributed by atoms with Crippen LogP contribution in [0.15, 0.2) is 85.5 Å². The summed E-state index contributed by atoms with van der Waals surface area (Å²) in [4.78, 5) is 13.1. The topological polar surface area (TPSA) is 43.6 Å². The molecule has 2 heterocycles. The van der Waals surface area contributed by atoms with Gasteiger partial charge in [-0.25, -0.2) is 15.0 Å². The Labute approximate surface area is 185 Å². The molecule has 0 aliphatic heterocycles. The molecule has 0 amide bonds. The summed E-state index contributed by atoms with van der Waals surface area (Å²) < 4.78 is 2.20. The summed E-state index contributed by atoms with van der Waals surface area (Å²) in [6.07, 6.45) is 3.14. The van der Waals surface area contributed by atoms with Crippen LogP contribution in [0.3, 0.4) is 0 Å². The van der Waals surface area contributed by atoms with Crippen molar-refractivity contribution in [2.75, 3.05) is 0 Å². The second kappa shape index (κ2) is 6.01. The maximum absolute atomic E-state index is 4.54. The summed E-state index contributed by atoms with van der Waals surface area (Å²) in [5, 5.41) is 4.93. The lowest BCUT2D eigenvalue weighted by molar-refractivity contribution is 0.666. The van der Waals surface area contributed by atoms with E-state index in [0.717, 1.165) is 11.0 Å². The van der Waals surface area contributed by atoms with Gasteiger partial charge in [0.05, 0.1) is 11.0 Å². The number of hydrogen-bond acceptors (Lipinski definition) is 3. The third-order valence-corrected chi connectivity index (χ3v) is 7.01. The molecule has 4 nitrogen and oxygen atoms in total. The predicted molar refractivity (Wildman–Crippen MR) is 129 cm³/mol. The first kappa shape index (κ1) is 17.6. The van der Waals surface area contributed by atoms with Gasteiger partial charge in [-0.1, -0.05) is 80.6 Å². The lowest BCUT2D eigenvalue weighted by Gasteiger charge is -2.24. The van der Waals surface area contributed by atoms with Crippen molar-refractivity contribution >= 4 is 32.6 Å². The summed E-state index contributed by atoms with van der Waals surface area (Å²) in [5.41, 5.74) is 7.55. The van der Waals surface area contributed by atoms with Gasteiger partial charge in [0.25, 0.3) is 0 Å². The zero-order valence-corrected chi connectivity index (χ0v) is 17.9. The Kier molecular flexibility index (Phi) is 3.31. The second-order valence-corrected chi connectivity index (χ2v) is 9.01. The van der Waals surface area contributed by atoms with Gasteiger partial charge in [0.1, 0.15) is 12.7 Å². The monoisotopic (exact) mass is 412 g/mol. The zero-order valence-electron chi connectivity index (χ0n) is 17.9. The van der Waals surface area contributed by atoms with E-state index < -0.39 is 0 Å². The van der Waals surface area contributed by atoms with Gasteiger partial charge in [0.15, 0.2) is 0 Å². The van der Waals surface area contributed by atoms with E-state index >= 15 is 0 Å². The number of hydrogen-bond donors (Lipinski definition) is 0. The normalized spacial score (nSPS) is 14.2. The minimum absolute atomic E-state index is 0.111. The molecule has 4 heteroatoms. The Balaban J connectivity index is 1.76. The Morgan fingerprint density at radius 2 is 1.47 bits per heavy atom. The molecular weight excluding hydrogens is 392 g/mol. The Morgan fingerprint density at radius 3 is 2.34 bits per heavy atom. The van der Waals surface area contributed by atoms with E-state index in [2.05, 4.69) is 106 Å². The van der Waals surface area contributed by atoms with Gasteiger partial charge in [0, 0.05) is 21.6 Å². The number of benzene rings is 4. The molecule has 0 atom stereocenters. The number of fused-ring (bicyclic) bond motifs is 9. The molecule has 1 aliphatic carbocycles. The van der Waals surface area contributed by atoms with Crippen LogP contribution in [0.1, 0.15) is 25.0 Å². The molecule has 1 aliphatic rings. The van der Waals surface area contributed by atoms with Gasteiger partial charge in [-0.15, -0.1) is 0 Å². The van der Waals surface area contributed by atoms with Crippen LogP contribution in [-0.4, -0.2) is 19.5 Å². The van der Waals surface area contributed by atoms with Crippen molar-refractivity contribution in [1.82, 2.24) is 19.5 Å². The molecule has 0 spiro atoms. The average Bonchev–Trinajstić information content (AvgIpc) is 3.30. The van der Waals surface area contributed by atoms with Crippen LogP contribution in [0.25, 0.3) is 49.7 Å². The molecule has 32 heavy (non-hydrogen) atoms. The highest BCUT2D eigenvalue weighted by atomic mass is 15.2. The van der Waals surface area contributed by atoms with Crippen LogP contribution in [0.5, 0.6) is 0 Å². The van der Waals surface area contributed by atoms with Crippen molar-refractivity contribution in [3.05, 3.63) is 96.6 Å². The third kappa shape index (κ3) is 2.09. The van der Waals surface area contributed by atoms with Crippen molar-refractivity contribution in [2.24, 2.45) is 0 Å². The van der Waals surface area contributed by atoms with Crippen LogP contribution < -0.4 is 0 Å². The third-order valence-electron chi connectivity index (χ3n) is 7.01. The highest BCUT2D eigenvalue weighted by Gasteiger charge is 2.37. The number of nitrogens with zero attached hydrogens (tertiary/aromatic N) is 4. The van der Waals surface area contributed by atoms with E-state index in [9.17, 15) is 0 Å². The summed E-state index contributed by atoms with van der Waals surface area (Å²) in [5.74, 6) is 0.643. The first-order chi connectivity index (χ1) is 15.7. The van der Waals surface area contributed by atoms with Crippen molar-refractivity contribution in [1.29, 1.82) is 0 Å². The second-order valence-electron chi connectivity index (χ2n) is 9.01. The molecule has 0 N–H and O–H groups in total. The molecule has 7 rings (SSSR count). The van der Waals surface area contributed by atoms with E-state index in [1.54, 1.807) is 12.7 Å². The maximum Gasteiger partial charge on any atom is 0.237 e. The predicted octanol–water partition coefficient (Wildman–Crippen LogP) is 6.43. The standard InChI is InChI=1S/C28H20N4/c1-28(2)22-9-5-3-7-18(22)20-13-11-17-12-14-21-19-8-4-6-10-23(19)32(26(21)24(17)25(20)28)27-30-15-29-16-31-27/h3-16H,1-2H3. The van der Waals surface area contributed by atoms with Gasteiger partial charge in [0.2, 0.25) is 5.95 Å². The first-order valence-corrected chi connectivity index (χ1v) is 10.9. The molecular formula is C28H20N4. The molecule has 0 unspecified atom stereocenters. The minimum atomic E-state index is -0.111. The van der Waals surface area contributed by atoms with E-state index in [0.29, 0.717) is 5.95 Å². The van der Waals surface area contributed by atoms with Crippen LogP contribution in [0.4, 0.5) is 0 Å². The van der Waals surface area contributed by atoms with E-state index in [1.165, 1.54) is 43.8 Å². The molecule has 152 valence electrons. The van der Waals surface area contributed by atoms with Crippen LogP contribution in [0.2, 0.25) is 0 Å². The van der Waals surface area contributed by atoms with Gasteiger partial charge >= 0.3 is 0 Å². The fourth-order valence-electron chi connectivity index (χ4n) is 5.69. The van der Waals surface area contributed by atoms with Gasteiger partial charge in [-0.3, -0.25) is 4.57 Å². The summed E-state index contributed by atoms with van der Waals surface area (Å²) in [6.45, 7) is 4.68. The summed E-state index contributed by atoms with van der Waals surface area (Å²) in [7, 11) is 0. The summed E-state index contributed by atoms with van der Waals surface area (Å²) >= 11 is 0. The van der Waals surface area contributed by atoms with E-state index in [1.807, 2.05) is 0 Å². The number of para-hydroxylation sites is 1. The molecule has 0 saturated carbocycles. The quantitative estimate of drug-likeness (QED) is 0.313. The fourth-order valence-corrected chi connectivity index (χ4v) is 5.69. The van der Waals surface area contributed by atoms with Crippen LogP contribution in [0, 0.1) is 0 Å². The molecule has 0 radical (unpaired) electrons. The van der Waals surface area contributed by atoms with Crippen molar-refractivity contribution in [3.8, 4) is 17.1 Å². The Bertz CT molecular complexity index is 1690. The molecule has 0 fully saturated rings. The van der Waals surface area contributed by atoms with E-state index in [-0.39, 0.29) is 5.41 Å². The SMILES string of the molecule is CC1(C)c2ccccc2-c2ccc3ccc4c5ccccc5n(-c5ncncn5)c4c3c21. The van der Waals surface area contributed by atoms with Gasteiger partial charge < -0.3 is 0 Å². The highest BCUT2D eigenvalue weighted by Crippen LogP contribution is 2.53. The molecule has 6 aromatic rings. The van der Waals surface area contributed by atoms with Crippen molar-refractivity contribution < 1.29 is 0 Å². The van der Waals surface area contributed by atoms with Crippen molar-refractivity contribution in [2.45, 2.75) is 19.3 Å². The van der Waals surface area contributed by atoms with Gasteiger partial charge in [-0.05, 0) is 33.7 Å². The molecule has 4 aromatic carbocycles. The van der Waals surface area contributed by atoms with Gasteiger partial charge in [-0.2, -0.15) is 0 Å². The van der Waals surface area contributed by atoms with Crippen molar-refractivity contribution in [3.63, 3.8) is 0 Å².